The molecule has 0 aliphatic carbocycles. The highest BCUT2D eigenvalue weighted by atomic mass is 19.2. The van der Waals surface area contributed by atoms with E-state index in [4.69, 9.17) is 4.74 Å². The number of benzene rings is 2. The first-order valence-corrected chi connectivity index (χ1v) is 6.14. The minimum Gasteiger partial charge on any atom is -0.494 e. The van der Waals surface area contributed by atoms with Gasteiger partial charge in [0.25, 0.3) is 0 Å². The average molecular weight is 308 g/mol. The van der Waals surface area contributed by atoms with E-state index in [0.29, 0.717) is 0 Å². The smallest absolute Gasteiger partial charge is 0.335 e. The van der Waals surface area contributed by atoms with Crippen molar-refractivity contribution in [1.29, 1.82) is 0 Å². The fourth-order valence-electron chi connectivity index (χ4n) is 1.82. The van der Waals surface area contributed by atoms with Gasteiger partial charge in [-0.1, -0.05) is 12.6 Å². The summed E-state index contributed by atoms with van der Waals surface area (Å²) in [5, 5.41) is 0. The lowest BCUT2D eigenvalue weighted by molar-refractivity contribution is -0.129. The van der Waals surface area contributed by atoms with Crippen LogP contribution in [0.15, 0.2) is 43.0 Å². The molecule has 2 rings (SSSR count). The topological polar surface area (TPSA) is 35.5 Å². The number of carbonyl (C=O) groups excluding carboxylic acids is 1. The number of esters is 1. The van der Waals surface area contributed by atoms with Crippen molar-refractivity contribution in [3.63, 3.8) is 0 Å². The van der Waals surface area contributed by atoms with Gasteiger partial charge < -0.3 is 9.47 Å². The molecule has 114 valence electrons. The first-order chi connectivity index (χ1) is 10.5. The van der Waals surface area contributed by atoms with Gasteiger partial charge in [-0.3, -0.25) is 0 Å². The van der Waals surface area contributed by atoms with Crippen molar-refractivity contribution in [3.05, 3.63) is 60.4 Å². The molecule has 22 heavy (non-hydrogen) atoms. The largest absolute Gasteiger partial charge is 0.494 e. The second-order valence-electron chi connectivity index (χ2n) is 4.21. The molecule has 0 aliphatic rings. The van der Waals surface area contributed by atoms with Gasteiger partial charge in [-0.05, 0) is 29.8 Å². The summed E-state index contributed by atoms with van der Waals surface area (Å²) in [5.41, 5.74) is -0.0475. The van der Waals surface area contributed by atoms with Crippen LogP contribution in [0.3, 0.4) is 0 Å². The molecule has 2 aromatic carbocycles. The molecule has 0 amide bonds. The zero-order valence-electron chi connectivity index (χ0n) is 11.5. The number of hydrogen-bond donors (Lipinski definition) is 0. The summed E-state index contributed by atoms with van der Waals surface area (Å²) in [6, 6.07) is 5.97. The normalized spacial score (nSPS) is 10.2. The Morgan fingerprint density at radius 1 is 1.09 bits per heavy atom. The van der Waals surface area contributed by atoms with Crippen LogP contribution >= 0.6 is 0 Å². The molecule has 0 radical (unpaired) electrons. The van der Waals surface area contributed by atoms with Crippen molar-refractivity contribution in [2.24, 2.45) is 0 Å². The molecule has 0 aromatic heterocycles. The average Bonchev–Trinajstić information content (AvgIpc) is 2.51. The summed E-state index contributed by atoms with van der Waals surface area (Å²) in [7, 11) is 1.29. The van der Waals surface area contributed by atoms with Gasteiger partial charge in [-0.15, -0.1) is 0 Å². The molecular weight excluding hydrogens is 297 g/mol. The lowest BCUT2D eigenvalue weighted by Gasteiger charge is -2.09. The van der Waals surface area contributed by atoms with Crippen LogP contribution in [-0.4, -0.2) is 13.1 Å². The zero-order chi connectivity index (χ0) is 16.3. The minimum atomic E-state index is -1.34. The van der Waals surface area contributed by atoms with Gasteiger partial charge in [0.15, 0.2) is 23.1 Å². The maximum absolute atomic E-state index is 14.1. The quantitative estimate of drug-likeness (QED) is 0.488. The fourth-order valence-corrected chi connectivity index (χ4v) is 1.82. The van der Waals surface area contributed by atoms with Crippen LogP contribution in [0.1, 0.15) is 0 Å². The van der Waals surface area contributed by atoms with E-state index in [1.807, 2.05) is 0 Å². The first-order valence-electron chi connectivity index (χ1n) is 6.14. The van der Waals surface area contributed by atoms with Crippen LogP contribution in [-0.2, 0) is 4.79 Å². The van der Waals surface area contributed by atoms with E-state index < -0.39 is 29.2 Å². The zero-order valence-corrected chi connectivity index (χ0v) is 11.5. The van der Waals surface area contributed by atoms with Crippen LogP contribution in [0.4, 0.5) is 13.2 Å². The van der Waals surface area contributed by atoms with Gasteiger partial charge in [0.1, 0.15) is 0 Å². The molecular formula is C16H11F3O3. The van der Waals surface area contributed by atoms with E-state index in [1.54, 1.807) is 0 Å². The van der Waals surface area contributed by atoms with Crippen molar-refractivity contribution < 1.29 is 27.4 Å². The number of hydrogen-bond acceptors (Lipinski definition) is 3. The summed E-state index contributed by atoms with van der Waals surface area (Å²) in [5.74, 6) is -4.80. The Kier molecular flexibility index (Phi) is 4.50. The Balaban J connectivity index is 2.45. The molecule has 0 aliphatic heterocycles. The summed E-state index contributed by atoms with van der Waals surface area (Å²) < 4.78 is 50.9. The van der Waals surface area contributed by atoms with Gasteiger partial charge >= 0.3 is 5.97 Å². The lowest BCUT2D eigenvalue weighted by atomic mass is 10.0. The number of halogens is 3. The van der Waals surface area contributed by atoms with Gasteiger partial charge in [-0.2, -0.15) is 4.39 Å². The Hall–Kier alpha value is -2.76. The van der Waals surface area contributed by atoms with Crippen LogP contribution in [0.25, 0.3) is 11.1 Å². The van der Waals surface area contributed by atoms with Gasteiger partial charge in [-0.25, -0.2) is 13.6 Å². The van der Waals surface area contributed by atoms with E-state index in [2.05, 4.69) is 11.3 Å². The van der Waals surface area contributed by atoms with Gasteiger partial charge in [0, 0.05) is 11.6 Å². The standard InChI is InChI=1S/C16H11F3O3/c1-3-14(20)22-13-7-5-10(15(18)16(13)19)9-4-6-12(21-2)11(17)8-9/h3-8H,1H2,2H3. The van der Waals surface area contributed by atoms with Crippen LogP contribution < -0.4 is 9.47 Å². The van der Waals surface area contributed by atoms with Crippen LogP contribution in [0.2, 0.25) is 0 Å². The highest BCUT2D eigenvalue weighted by Crippen LogP contribution is 2.32. The highest BCUT2D eigenvalue weighted by molar-refractivity contribution is 5.83. The molecule has 0 saturated heterocycles. The fraction of sp³-hybridized carbons (Fsp3) is 0.0625. The molecule has 0 unspecified atom stereocenters. The summed E-state index contributed by atoms with van der Waals surface area (Å²) >= 11 is 0. The molecule has 3 nitrogen and oxygen atoms in total. The molecule has 0 atom stereocenters. The second kappa shape index (κ2) is 6.34. The molecule has 2 aromatic rings. The number of carbonyl (C=O) groups is 1. The molecule has 0 bridgehead atoms. The van der Waals surface area contributed by atoms with Crippen molar-refractivity contribution >= 4 is 5.97 Å². The molecule has 0 fully saturated rings. The van der Waals surface area contributed by atoms with Crippen molar-refractivity contribution in [1.82, 2.24) is 0 Å². The predicted octanol–water partition coefficient (Wildman–Crippen LogP) is 3.87. The van der Waals surface area contributed by atoms with Crippen molar-refractivity contribution in [2.75, 3.05) is 7.11 Å². The number of methoxy groups -OCH3 is 1. The number of ether oxygens (including phenoxy) is 2. The first kappa shape index (κ1) is 15.6. The van der Waals surface area contributed by atoms with Crippen molar-refractivity contribution in [3.8, 4) is 22.6 Å². The van der Waals surface area contributed by atoms with Crippen LogP contribution in [0.5, 0.6) is 11.5 Å². The van der Waals surface area contributed by atoms with Crippen LogP contribution in [0, 0.1) is 17.5 Å². The minimum absolute atomic E-state index is 0.0128. The van der Waals surface area contributed by atoms with E-state index in [0.717, 1.165) is 18.2 Å². The van der Waals surface area contributed by atoms with Gasteiger partial charge in [0.05, 0.1) is 7.11 Å². The molecule has 0 spiro atoms. The Bertz CT molecular complexity index is 742. The van der Waals surface area contributed by atoms with E-state index in [1.165, 1.54) is 25.3 Å². The van der Waals surface area contributed by atoms with E-state index in [9.17, 15) is 18.0 Å². The molecule has 0 N–H and O–H groups in total. The van der Waals surface area contributed by atoms with Crippen molar-refractivity contribution in [2.45, 2.75) is 0 Å². The molecule has 6 heteroatoms. The maximum atomic E-state index is 14.1. The summed E-state index contributed by atoms with van der Waals surface area (Å²) in [6.07, 6.45) is 0.824. The third kappa shape index (κ3) is 2.95. The maximum Gasteiger partial charge on any atom is 0.335 e. The Morgan fingerprint density at radius 2 is 1.77 bits per heavy atom. The Morgan fingerprint density at radius 3 is 2.36 bits per heavy atom. The molecule has 0 heterocycles. The summed E-state index contributed by atoms with van der Waals surface area (Å²) in [4.78, 5) is 11.0. The monoisotopic (exact) mass is 308 g/mol. The van der Waals surface area contributed by atoms with E-state index in [-0.39, 0.29) is 16.9 Å². The Labute approximate surface area is 124 Å². The third-order valence-corrected chi connectivity index (χ3v) is 2.89. The predicted molar refractivity (Wildman–Crippen MR) is 74.1 cm³/mol. The highest BCUT2D eigenvalue weighted by Gasteiger charge is 2.18. The summed E-state index contributed by atoms with van der Waals surface area (Å²) in [6.45, 7) is 3.16. The number of rotatable bonds is 4. The third-order valence-electron chi connectivity index (χ3n) is 2.89. The van der Waals surface area contributed by atoms with E-state index >= 15 is 0 Å². The lowest BCUT2D eigenvalue weighted by Crippen LogP contribution is -2.06. The SMILES string of the molecule is C=CC(=O)Oc1ccc(-c2ccc(OC)c(F)c2)c(F)c1F. The molecule has 0 saturated carbocycles. The second-order valence-corrected chi connectivity index (χ2v) is 4.21. The van der Waals surface area contributed by atoms with Gasteiger partial charge in [0.2, 0.25) is 5.82 Å².